The predicted octanol–water partition coefficient (Wildman–Crippen LogP) is 3.41. The van der Waals surface area contributed by atoms with Crippen LogP contribution in [0.2, 0.25) is 0 Å². The lowest BCUT2D eigenvalue weighted by Crippen LogP contribution is -2.07. The summed E-state index contributed by atoms with van der Waals surface area (Å²) in [5, 5.41) is 2.23. The van der Waals surface area contributed by atoms with Crippen LogP contribution in [0.4, 0.5) is 0 Å². The molecule has 4 heteroatoms. The standard InChI is InChI=1S/C17H22O4/c1-4-13-6-5-7-14-8-9-15(20-11-10-18-2)17(16(13)14)21-12-19-3/h5-9H,4,10-12H2,1-3H3. The summed E-state index contributed by atoms with van der Waals surface area (Å²) in [5.41, 5.74) is 1.23. The second-order valence-electron chi connectivity index (χ2n) is 4.65. The first-order valence-corrected chi connectivity index (χ1v) is 7.09. The van der Waals surface area contributed by atoms with Gasteiger partial charge in [-0.2, -0.15) is 0 Å². The van der Waals surface area contributed by atoms with E-state index in [1.807, 2.05) is 6.07 Å². The van der Waals surface area contributed by atoms with Gasteiger partial charge in [-0.15, -0.1) is 0 Å². The number of hydrogen-bond donors (Lipinski definition) is 0. The van der Waals surface area contributed by atoms with Crippen molar-refractivity contribution in [1.82, 2.24) is 0 Å². The molecule has 2 aromatic carbocycles. The van der Waals surface area contributed by atoms with Gasteiger partial charge in [-0.3, -0.25) is 0 Å². The summed E-state index contributed by atoms with van der Waals surface area (Å²) in [7, 11) is 3.26. The van der Waals surface area contributed by atoms with Gasteiger partial charge in [-0.05, 0) is 23.4 Å². The van der Waals surface area contributed by atoms with E-state index in [2.05, 4.69) is 31.2 Å². The zero-order chi connectivity index (χ0) is 15.1. The van der Waals surface area contributed by atoms with Crippen LogP contribution < -0.4 is 9.47 Å². The molecule has 21 heavy (non-hydrogen) atoms. The van der Waals surface area contributed by atoms with E-state index in [4.69, 9.17) is 18.9 Å². The maximum atomic E-state index is 5.78. The molecule has 0 radical (unpaired) electrons. The Morgan fingerprint density at radius 1 is 0.905 bits per heavy atom. The Morgan fingerprint density at radius 3 is 2.48 bits per heavy atom. The summed E-state index contributed by atoms with van der Waals surface area (Å²) in [4.78, 5) is 0. The summed E-state index contributed by atoms with van der Waals surface area (Å²) < 4.78 is 21.6. The molecular weight excluding hydrogens is 268 g/mol. The second-order valence-corrected chi connectivity index (χ2v) is 4.65. The number of methoxy groups -OCH3 is 2. The molecule has 0 fully saturated rings. The predicted molar refractivity (Wildman–Crippen MR) is 83.2 cm³/mol. The minimum atomic E-state index is 0.192. The van der Waals surface area contributed by atoms with E-state index >= 15 is 0 Å². The Bertz CT molecular complexity index is 580. The van der Waals surface area contributed by atoms with E-state index in [1.54, 1.807) is 14.2 Å². The van der Waals surface area contributed by atoms with Crippen LogP contribution in [0.1, 0.15) is 12.5 Å². The van der Waals surface area contributed by atoms with E-state index in [1.165, 1.54) is 5.56 Å². The lowest BCUT2D eigenvalue weighted by Gasteiger charge is -2.16. The molecule has 0 N–H and O–H groups in total. The highest BCUT2D eigenvalue weighted by Crippen LogP contribution is 2.38. The molecule has 0 atom stereocenters. The van der Waals surface area contributed by atoms with Crippen molar-refractivity contribution in [2.24, 2.45) is 0 Å². The third kappa shape index (κ3) is 3.65. The van der Waals surface area contributed by atoms with Gasteiger partial charge in [0.15, 0.2) is 18.3 Å². The van der Waals surface area contributed by atoms with Gasteiger partial charge in [-0.25, -0.2) is 0 Å². The normalized spacial score (nSPS) is 10.8. The van der Waals surface area contributed by atoms with Crippen molar-refractivity contribution >= 4 is 10.8 Å². The molecule has 0 saturated heterocycles. The summed E-state index contributed by atoms with van der Waals surface area (Å²) in [6.07, 6.45) is 0.933. The summed E-state index contributed by atoms with van der Waals surface area (Å²) in [6, 6.07) is 10.2. The van der Waals surface area contributed by atoms with E-state index in [0.717, 1.165) is 28.7 Å². The van der Waals surface area contributed by atoms with Gasteiger partial charge in [0.2, 0.25) is 0 Å². The third-order valence-electron chi connectivity index (χ3n) is 3.30. The Labute approximate surface area is 125 Å². The van der Waals surface area contributed by atoms with Crippen LogP contribution in [-0.4, -0.2) is 34.2 Å². The average molecular weight is 290 g/mol. The average Bonchev–Trinajstić information content (AvgIpc) is 2.53. The fourth-order valence-corrected chi connectivity index (χ4v) is 2.30. The van der Waals surface area contributed by atoms with Crippen LogP contribution in [0.15, 0.2) is 30.3 Å². The van der Waals surface area contributed by atoms with E-state index in [-0.39, 0.29) is 6.79 Å². The molecule has 0 bridgehead atoms. The fourth-order valence-electron chi connectivity index (χ4n) is 2.30. The molecule has 0 aliphatic carbocycles. The monoisotopic (exact) mass is 290 g/mol. The minimum Gasteiger partial charge on any atom is -0.487 e. The van der Waals surface area contributed by atoms with Crippen molar-refractivity contribution in [2.75, 3.05) is 34.2 Å². The van der Waals surface area contributed by atoms with Crippen LogP contribution in [0.25, 0.3) is 10.8 Å². The number of aryl methyl sites for hydroxylation is 1. The Balaban J connectivity index is 2.46. The fraction of sp³-hybridized carbons (Fsp3) is 0.412. The molecule has 2 aromatic rings. The first-order valence-electron chi connectivity index (χ1n) is 7.09. The molecule has 0 amide bonds. The van der Waals surface area contributed by atoms with E-state index in [9.17, 15) is 0 Å². The summed E-state index contributed by atoms with van der Waals surface area (Å²) in [5.74, 6) is 1.46. The molecule has 4 nitrogen and oxygen atoms in total. The van der Waals surface area contributed by atoms with Crippen molar-refractivity contribution in [3.63, 3.8) is 0 Å². The van der Waals surface area contributed by atoms with Crippen molar-refractivity contribution in [3.05, 3.63) is 35.9 Å². The Morgan fingerprint density at radius 2 is 1.76 bits per heavy atom. The molecule has 0 spiro atoms. The number of ether oxygens (including phenoxy) is 4. The molecule has 0 saturated carbocycles. The van der Waals surface area contributed by atoms with Gasteiger partial charge in [0, 0.05) is 19.6 Å². The molecule has 0 aromatic heterocycles. The quantitative estimate of drug-likeness (QED) is 0.551. The molecule has 0 aliphatic rings. The second kappa shape index (κ2) is 7.86. The van der Waals surface area contributed by atoms with E-state index < -0.39 is 0 Å². The van der Waals surface area contributed by atoms with Gasteiger partial charge in [0.1, 0.15) is 6.61 Å². The number of benzene rings is 2. The van der Waals surface area contributed by atoms with Crippen LogP contribution in [0.3, 0.4) is 0 Å². The highest BCUT2D eigenvalue weighted by molar-refractivity contribution is 5.93. The topological polar surface area (TPSA) is 36.9 Å². The van der Waals surface area contributed by atoms with Crippen molar-refractivity contribution < 1.29 is 18.9 Å². The lowest BCUT2D eigenvalue weighted by atomic mass is 10.0. The first-order chi connectivity index (χ1) is 10.3. The smallest absolute Gasteiger partial charge is 0.188 e. The van der Waals surface area contributed by atoms with Crippen LogP contribution >= 0.6 is 0 Å². The van der Waals surface area contributed by atoms with Crippen LogP contribution in [0.5, 0.6) is 11.5 Å². The van der Waals surface area contributed by atoms with Gasteiger partial charge < -0.3 is 18.9 Å². The van der Waals surface area contributed by atoms with Gasteiger partial charge in [0.25, 0.3) is 0 Å². The zero-order valence-corrected chi connectivity index (χ0v) is 12.8. The van der Waals surface area contributed by atoms with Crippen LogP contribution in [-0.2, 0) is 15.9 Å². The van der Waals surface area contributed by atoms with Gasteiger partial charge in [0.05, 0.1) is 6.61 Å². The summed E-state index contributed by atoms with van der Waals surface area (Å²) >= 11 is 0. The van der Waals surface area contributed by atoms with Crippen molar-refractivity contribution in [3.8, 4) is 11.5 Å². The number of rotatable bonds is 8. The molecule has 0 aliphatic heterocycles. The maximum absolute atomic E-state index is 5.78. The Kier molecular flexibility index (Phi) is 5.84. The molecule has 0 unspecified atom stereocenters. The van der Waals surface area contributed by atoms with Crippen molar-refractivity contribution in [1.29, 1.82) is 0 Å². The largest absolute Gasteiger partial charge is 0.487 e. The zero-order valence-electron chi connectivity index (χ0n) is 12.8. The van der Waals surface area contributed by atoms with E-state index in [0.29, 0.717) is 13.2 Å². The summed E-state index contributed by atoms with van der Waals surface area (Å²) in [6.45, 7) is 3.35. The van der Waals surface area contributed by atoms with Crippen molar-refractivity contribution in [2.45, 2.75) is 13.3 Å². The molecule has 114 valence electrons. The highest BCUT2D eigenvalue weighted by Gasteiger charge is 2.13. The molecule has 2 rings (SSSR count). The third-order valence-corrected chi connectivity index (χ3v) is 3.30. The highest BCUT2D eigenvalue weighted by atomic mass is 16.7. The minimum absolute atomic E-state index is 0.192. The molecular formula is C17H22O4. The lowest BCUT2D eigenvalue weighted by molar-refractivity contribution is 0.0489. The Hall–Kier alpha value is -1.78. The van der Waals surface area contributed by atoms with Crippen LogP contribution in [0, 0.1) is 0 Å². The van der Waals surface area contributed by atoms with Gasteiger partial charge in [-0.1, -0.05) is 31.2 Å². The maximum Gasteiger partial charge on any atom is 0.188 e. The SMILES string of the molecule is CCc1cccc2ccc(OCCOC)c(OCOC)c12. The number of fused-ring (bicyclic) bond motifs is 1. The number of hydrogen-bond acceptors (Lipinski definition) is 4. The van der Waals surface area contributed by atoms with Gasteiger partial charge >= 0.3 is 0 Å². The first kappa shape index (κ1) is 15.6. The molecule has 0 heterocycles.